The van der Waals surface area contributed by atoms with Crippen molar-refractivity contribution in [2.24, 2.45) is 5.73 Å². The number of nitrogens with zero attached hydrogens (tertiary/aromatic N) is 1. The van der Waals surface area contributed by atoms with Crippen LogP contribution < -0.4 is 20.7 Å². The summed E-state index contributed by atoms with van der Waals surface area (Å²) in [5, 5.41) is 5.28. The van der Waals surface area contributed by atoms with E-state index in [9.17, 15) is 14.2 Å². The lowest BCUT2D eigenvalue weighted by Crippen LogP contribution is -2.58. The van der Waals surface area contributed by atoms with Crippen molar-refractivity contribution < 1.29 is 37.4 Å². The van der Waals surface area contributed by atoms with Crippen LogP contribution in [0, 0.1) is 0 Å². The third kappa shape index (κ3) is 8.41. The fraction of sp³-hybridized carbons (Fsp3) is 0.636. The predicted octanol–water partition coefficient (Wildman–Crippen LogP) is 3.06. The molecule has 1 aromatic rings. The molecular weight excluding hydrogens is 559 g/mol. The second kappa shape index (κ2) is 13.2. The van der Waals surface area contributed by atoms with Gasteiger partial charge in [-0.25, -0.2) is 9.36 Å². The van der Waals surface area contributed by atoms with Gasteiger partial charge in [-0.2, -0.15) is 5.09 Å². The maximum Gasteiger partial charge on any atom is 0.459 e. The molecule has 6 atom stereocenters. The molecule has 2 heterocycles. The highest BCUT2D eigenvalue weighted by molar-refractivity contribution is 9.10. The smallest absolute Gasteiger partial charge is 0.459 e. The molecule has 202 valence electrons. The summed E-state index contributed by atoms with van der Waals surface area (Å²) in [5.41, 5.74) is 5.74. The number of rotatable bonds is 12. The fourth-order valence-corrected chi connectivity index (χ4v) is 5.34. The first kappa shape index (κ1) is 28.8. The van der Waals surface area contributed by atoms with Gasteiger partial charge in [0.25, 0.3) is 0 Å². The fourth-order valence-electron chi connectivity index (χ4n) is 3.60. The summed E-state index contributed by atoms with van der Waals surface area (Å²) in [6.45, 7) is 5.55. The highest BCUT2D eigenvalue weighted by Gasteiger charge is 2.39. The molecule has 3 rings (SSSR count). The highest BCUT2D eigenvalue weighted by Crippen LogP contribution is 2.45. The van der Waals surface area contributed by atoms with Crippen LogP contribution >= 0.6 is 23.7 Å². The van der Waals surface area contributed by atoms with E-state index in [1.54, 1.807) is 31.2 Å². The molecule has 0 bridgehead atoms. The van der Waals surface area contributed by atoms with Crippen LogP contribution in [0.5, 0.6) is 5.75 Å². The van der Waals surface area contributed by atoms with Crippen LogP contribution in [0.4, 0.5) is 4.79 Å². The second-order valence-corrected chi connectivity index (χ2v) is 11.2. The summed E-state index contributed by atoms with van der Waals surface area (Å²) in [4.78, 5) is 26.2. The van der Waals surface area contributed by atoms with E-state index in [2.05, 4.69) is 26.3 Å². The van der Waals surface area contributed by atoms with Crippen molar-refractivity contribution in [1.29, 1.82) is 0 Å². The van der Waals surface area contributed by atoms with Crippen molar-refractivity contribution in [1.82, 2.24) is 15.3 Å². The molecule has 2 aliphatic heterocycles. The van der Waals surface area contributed by atoms with Gasteiger partial charge in [0.15, 0.2) is 12.5 Å². The summed E-state index contributed by atoms with van der Waals surface area (Å²) in [6, 6.07) is 5.31. The number of benzene rings is 1. The molecule has 0 saturated carbocycles. The number of ether oxygens (including phenoxy) is 3. The van der Waals surface area contributed by atoms with Crippen molar-refractivity contribution in [3.8, 4) is 5.75 Å². The van der Waals surface area contributed by atoms with E-state index in [0.29, 0.717) is 19.4 Å². The maximum absolute atomic E-state index is 13.6. The molecule has 0 radical (unpaired) electrons. The van der Waals surface area contributed by atoms with Gasteiger partial charge >= 0.3 is 19.7 Å². The van der Waals surface area contributed by atoms with E-state index >= 15 is 0 Å². The number of nitrogens with two attached hydrogens (primary N) is 1. The molecular formula is C22H34BrN4O8P. The predicted molar refractivity (Wildman–Crippen MR) is 134 cm³/mol. The van der Waals surface area contributed by atoms with Gasteiger partial charge in [-0.15, -0.1) is 0 Å². The number of esters is 1. The minimum absolute atomic E-state index is 0.111. The van der Waals surface area contributed by atoms with Gasteiger partial charge < -0.3 is 29.8 Å². The zero-order chi connectivity index (χ0) is 26.3. The van der Waals surface area contributed by atoms with Crippen molar-refractivity contribution in [3.05, 3.63) is 28.7 Å². The number of carbonyl (C=O) groups excluding carboxylic acids is 2. The van der Waals surface area contributed by atoms with Gasteiger partial charge in [-0.05, 0) is 51.0 Å². The van der Waals surface area contributed by atoms with Crippen LogP contribution in [-0.4, -0.2) is 67.5 Å². The molecule has 2 saturated heterocycles. The summed E-state index contributed by atoms with van der Waals surface area (Å²) < 4.78 is 42.5. The molecule has 2 aliphatic rings. The maximum atomic E-state index is 13.6. The van der Waals surface area contributed by atoms with Crippen molar-refractivity contribution in [3.63, 3.8) is 0 Å². The van der Waals surface area contributed by atoms with E-state index < -0.39 is 38.4 Å². The number of halogens is 1. The third-order valence-corrected chi connectivity index (χ3v) is 7.64. The van der Waals surface area contributed by atoms with Crippen molar-refractivity contribution >= 4 is 35.7 Å². The van der Waals surface area contributed by atoms with E-state index in [1.165, 1.54) is 11.8 Å². The highest BCUT2D eigenvalue weighted by atomic mass is 79.9. The lowest BCUT2D eigenvalue weighted by Gasteiger charge is -2.34. The monoisotopic (exact) mass is 592 g/mol. The molecule has 0 aromatic heterocycles. The number of hydrogen-bond donors (Lipinski definition) is 3. The summed E-state index contributed by atoms with van der Waals surface area (Å²) >= 11 is 3.34. The van der Waals surface area contributed by atoms with Crippen LogP contribution in [0.25, 0.3) is 0 Å². The Morgan fingerprint density at radius 2 is 2.08 bits per heavy atom. The number of hydrogen-bond acceptors (Lipinski definition) is 9. The molecule has 14 heteroatoms. The van der Waals surface area contributed by atoms with Crippen molar-refractivity contribution in [2.45, 2.75) is 70.9 Å². The summed E-state index contributed by atoms with van der Waals surface area (Å²) in [5.74, 6) is -0.316. The molecule has 2 fully saturated rings. The van der Waals surface area contributed by atoms with Crippen molar-refractivity contribution in [2.75, 3.05) is 19.8 Å². The molecule has 4 N–H and O–H groups in total. The first-order valence-corrected chi connectivity index (χ1v) is 14.2. The molecule has 36 heavy (non-hydrogen) atoms. The average molecular weight is 593 g/mol. The Kier molecular flexibility index (Phi) is 10.6. The standard InChI is InChI=1S/C22H34BrN4O8P/c1-4-5-14(2)33-21(28)15(3)26-36(30,35-17-8-6-16(23)7-9-17)32-13-20-31-12-19(34-20)27-11-10-18(24)25-22(27)29/h6-9,14-15,18-20H,4-5,10-13,24H2,1-3H3,(H,25,29)(H,26,30)/t14-,15-,18?,19-,20-,36?/m0/s1. The number of nitrogens with one attached hydrogen (secondary N) is 2. The SMILES string of the molecule is CCC[C@H](C)OC(=O)[C@H](C)NP(=O)(OC[C@H]1OC[C@@H](N2CCC(N)NC2=O)O1)Oc1ccc(Br)cc1. The van der Waals surface area contributed by atoms with E-state index in [4.69, 9.17) is 29.0 Å². The van der Waals surface area contributed by atoms with Gasteiger partial charge in [-0.3, -0.25) is 14.2 Å². The second-order valence-electron chi connectivity index (χ2n) is 8.62. The lowest BCUT2D eigenvalue weighted by atomic mass is 10.2. The van der Waals surface area contributed by atoms with Crippen LogP contribution in [0.15, 0.2) is 28.7 Å². The van der Waals surface area contributed by atoms with E-state index in [0.717, 1.165) is 10.9 Å². The lowest BCUT2D eigenvalue weighted by molar-refractivity contribution is -0.150. The Morgan fingerprint density at radius 1 is 1.36 bits per heavy atom. The Morgan fingerprint density at radius 3 is 2.75 bits per heavy atom. The van der Waals surface area contributed by atoms with Crippen LogP contribution in [-0.2, 0) is 28.1 Å². The quantitative estimate of drug-likeness (QED) is 0.244. The topological polar surface area (TPSA) is 151 Å². The third-order valence-electron chi connectivity index (χ3n) is 5.47. The van der Waals surface area contributed by atoms with E-state index in [1.807, 2.05) is 6.92 Å². The van der Waals surface area contributed by atoms with Gasteiger partial charge in [0.1, 0.15) is 18.4 Å². The molecule has 12 nitrogen and oxygen atoms in total. The molecule has 2 unspecified atom stereocenters. The summed E-state index contributed by atoms with van der Waals surface area (Å²) in [6.07, 6.45) is -0.0923. The van der Waals surface area contributed by atoms with Gasteiger partial charge in [0.05, 0.1) is 18.9 Å². The first-order valence-electron chi connectivity index (χ1n) is 11.9. The minimum atomic E-state index is -4.09. The van der Waals surface area contributed by atoms with Crippen LogP contribution in [0.1, 0.15) is 40.0 Å². The molecule has 0 spiro atoms. The Hall–Kier alpha value is -1.73. The van der Waals surface area contributed by atoms with Gasteiger partial charge in [0, 0.05) is 11.0 Å². The Balaban J connectivity index is 1.62. The number of carbonyl (C=O) groups is 2. The van der Waals surface area contributed by atoms with Crippen LogP contribution in [0.2, 0.25) is 0 Å². The Labute approximate surface area is 219 Å². The first-order chi connectivity index (χ1) is 17.1. The number of amides is 2. The van der Waals surface area contributed by atoms with E-state index in [-0.39, 0.29) is 31.1 Å². The summed E-state index contributed by atoms with van der Waals surface area (Å²) in [7, 11) is -4.09. The molecule has 0 aliphatic carbocycles. The molecule has 2 amide bonds. The zero-order valence-electron chi connectivity index (χ0n) is 20.6. The average Bonchev–Trinajstić information content (AvgIpc) is 3.28. The van der Waals surface area contributed by atoms with Gasteiger partial charge in [-0.1, -0.05) is 29.3 Å². The zero-order valence-corrected chi connectivity index (χ0v) is 23.0. The Bertz CT molecular complexity index is 939. The molecule has 1 aromatic carbocycles. The normalized spacial score (nSPS) is 25.5. The van der Waals surface area contributed by atoms with Crippen LogP contribution in [0.3, 0.4) is 0 Å². The largest absolute Gasteiger partial charge is 0.462 e. The van der Waals surface area contributed by atoms with Gasteiger partial charge in [0.2, 0.25) is 0 Å². The number of urea groups is 1. The minimum Gasteiger partial charge on any atom is -0.462 e.